The van der Waals surface area contributed by atoms with E-state index in [0.29, 0.717) is 24.6 Å². The molecule has 0 bridgehead atoms. The highest BCUT2D eigenvalue weighted by molar-refractivity contribution is 7.98. The number of rotatable bonds is 11. The van der Waals surface area contributed by atoms with Gasteiger partial charge in [-0.05, 0) is 30.8 Å². The van der Waals surface area contributed by atoms with Gasteiger partial charge in [0, 0.05) is 6.54 Å². The predicted octanol–water partition coefficient (Wildman–Crippen LogP) is 2.71. The highest BCUT2D eigenvalue weighted by Crippen LogP contribution is 2.11. The van der Waals surface area contributed by atoms with Crippen molar-refractivity contribution in [3.05, 3.63) is 0 Å². The summed E-state index contributed by atoms with van der Waals surface area (Å²) in [6.45, 7) is 4.87. The Kier molecular flexibility index (Phi) is 11.3. The lowest BCUT2D eigenvalue weighted by Gasteiger charge is -2.18. The van der Waals surface area contributed by atoms with Gasteiger partial charge in [0.15, 0.2) is 0 Å². The smallest absolute Gasteiger partial charge is 0.326 e. The molecule has 0 radical (unpaired) electrons. The first-order valence-corrected chi connectivity index (χ1v) is 8.70. The van der Waals surface area contributed by atoms with Gasteiger partial charge in [-0.2, -0.15) is 11.8 Å². The van der Waals surface area contributed by atoms with Crippen LogP contribution in [0.1, 0.15) is 46.0 Å². The van der Waals surface area contributed by atoms with Crippen molar-refractivity contribution in [3.8, 4) is 0 Å². The van der Waals surface area contributed by atoms with E-state index < -0.39 is 12.0 Å². The molecule has 2 atom stereocenters. The Morgan fingerprint density at radius 3 is 2.45 bits per heavy atom. The van der Waals surface area contributed by atoms with Crippen molar-refractivity contribution in [2.75, 3.05) is 18.6 Å². The monoisotopic (exact) mass is 304 g/mol. The van der Waals surface area contributed by atoms with E-state index in [4.69, 9.17) is 5.11 Å². The van der Waals surface area contributed by atoms with Crippen molar-refractivity contribution >= 4 is 23.8 Å². The van der Waals surface area contributed by atoms with Gasteiger partial charge in [-0.3, -0.25) is 0 Å². The molecule has 0 aliphatic rings. The number of aliphatic carboxylic acids is 1. The Morgan fingerprint density at radius 1 is 1.25 bits per heavy atom. The SMILES string of the molecule is CCCCC(CC)CNC(=O)N[C@@H](CCSC)C(=O)O. The van der Waals surface area contributed by atoms with E-state index in [0.717, 1.165) is 25.7 Å². The van der Waals surface area contributed by atoms with Crippen molar-refractivity contribution in [1.82, 2.24) is 10.6 Å². The molecule has 0 aromatic rings. The highest BCUT2D eigenvalue weighted by Gasteiger charge is 2.19. The third-order valence-electron chi connectivity index (χ3n) is 3.31. The summed E-state index contributed by atoms with van der Waals surface area (Å²) in [5.74, 6) is 0.202. The Morgan fingerprint density at radius 2 is 1.95 bits per heavy atom. The van der Waals surface area contributed by atoms with Gasteiger partial charge in [0.2, 0.25) is 0 Å². The Hall–Kier alpha value is -0.910. The second-order valence-electron chi connectivity index (χ2n) is 4.94. The molecule has 2 amide bonds. The van der Waals surface area contributed by atoms with E-state index in [1.807, 2.05) is 6.26 Å². The number of hydrogen-bond donors (Lipinski definition) is 3. The maximum atomic E-state index is 11.7. The number of carboxylic acids is 1. The molecule has 0 aromatic carbocycles. The van der Waals surface area contributed by atoms with E-state index in [1.54, 1.807) is 11.8 Å². The molecule has 0 aliphatic carbocycles. The average Bonchev–Trinajstić information content (AvgIpc) is 2.43. The molecule has 0 aromatic heterocycles. The van der Waals surface area contributed by atoms with Crippen LogP contribution in [0.25, 0.3) is 0 Å². The van der Waals surface area contributed by atoms with Gasteiger partial charge < -0.3 is 15.7 Å². The standard InChI is InChI=1S/C14H28N2O3S/c1-4-6-7-11(5-2)10-15-14(19)16-12(13(17)18)8-9-20-3/h11-12H,4-10H2,1-3H3,(H,17,18)(H2,15,16,19)/t11?,12-/m0/s1. The first-order valence-electron chi connectivity index (χ1n) is 7.31. The summed E-state index contributed by atoms with van der Waals surface area (Å²) in [7, 11) is 0. The van der Waals surface area contributed by atoms with Gasteiger partial charge >= 0.3 is 12.0 Å². The number of hydrogen-bond acceptors (Lipinski definition) is 3. The second kappa shape index (κ2) is 11.9. The van der Waals surface area contributed by atoms with Gasteiger partial charge in [-0.15, -0.1) is 0 Å². The zero-order chi connectivity index (χ0) is 15.4. The molecule has 5 nitrogen and oxygen atoms in total. The third-order valence-corrected chi connectivity index (χ3v) is 3.95. The zero-order valence-corrected chi connectivity index (χ0v) is 13.6. The van der Waals surface area contributed by atoms with E-state index >= 15 is 0 Å². The van der Waals surface area contributed by atoms with E-state index in [2.05, 4.69) is 24.5 Å². The molecule has 1 unspecified atom stereocenters. The molecular weight excluding hydrogens is 276 g/mol. The van der Waals surface area contributed by atoms with Crippen LogP contribution in [0.5, 0.6) is 0 Å². The van der Waals surface area contributed by atoms with Crippen LogP contribution in [0.3, 0.4) is 0 Å². The molecule has 0 saturated carbocycles. The number of unbranched alkanes of at least 4 members (excludes halogenated alkanes) is 1. The van der Waals surface area contributed by atoms with Crippen LogP contribution in [0.15, 0.2) is 0 Å². The summed E-state index contributed by atoms with van der Waals surface area (Å²) in [5.41, 5.74) is 0. The number of amides is 2. The molecule has 118 valence electrons. The Balaban J connectivity index is 4.07. The summed E-state index contributed by atoms with van der Waals surface area (Å²) in [6, 6.07) is -1.19. The lowest BCUT2D eigenvalue weighted by Crippen LogP contribution is -2.47. The quantitative estimate of drug-likeness (QED) is 0.548. The van der Waals surface area contributed by atoms with Crippen LogP contribution in [0.4, 0.5) is 4.79 Å². The second-order valence-corrected chi connectivity index (χ2v) is 5.93. The molecule has 20 heavy (non-hydrogen) atoms. The van der Waals surface area contributed by atoms with Gasteiger partial charge in [-0.25, -0.2) is 9.59 Å². The number of carboxylic acid groups (broad SMARTS) is 1. The summed E-state index contributed by atoms with van der Waals surface area (Å²) in [6.07, 6.45) is 6.79. The first-order chi connectivity index (χ1) is 9.54. The van der Waals surface area contributed by atoms with Crippen molar-refractivity contribution in [3.63, 3.8) is 0 Å². The van der Waals surface area contributed by atoms with Crippen molar-refractivity contribution < 1.29 is 14.7 Å². The molecule has 0 aliphatic heterocycles. The van der Waals surface area contributed by atoms with Gasteiger partial charge in [-0.1, -0.05) is 33.1 Å². The third kappa shape index (κ3) is 9.07. The molecule has 0 rings (SSSR count). The molecule has 0 heterocycles. The van der Waals surface area contributed by atoms with Crippen molar-refractivity contribution in [2.45, 2.75) is 52.0 Å². The number of carbonyl (C=O) groups is 2. The number of nitrogens with one attached hydrogen (secondary N) is 2. The van der Waals surface area contributed by atoms with Gasteiger partial charge in [0.1, 0.15) is 6.04 Å². The van der Waals surface area contributed by atoms with Crippen LogP contribution in [-0.2, 0) is 4.79 Å². The molecular formula is C14H28N2O3S. The lowest BCUT2D eigenvalue weighted by atomic mass is 9.99. The molecule has 0 saturated heterocycles. The van der Waals surface area contributed by atoms with Crippen molar-refractivity contribution in [1.29, 1.82) is 0 Å². The summed E-state index contributed by atoms with van der Waals surface area (Å²) < 4.78 is 0. The molecule has 0 spiro atoms. The summed E-state index contributed by atoms with van der Waals surface area (Å²) >= 11 is 1.57. The Bertz CT molecular complexity index is 288. The van der Waals surface area contributed by atoms with Crippen LogP contribution in [0.2, 0.25) is 0 Å². The fraction of sp³-hybridized carbons (Fsp3) is 0.857. The van der Waals surface area contributed by atoms with E-state index in [-0.39, 0.29) is 6.03 Å². The topological polar surface area (TPSA) is 78.4 Å². The van der Waals surface area contributed by atoms with Gasteiger partial charge in [0.25, 0.3) is 0 Å². The molecule has 0 fully saturated rings. The molecule has 6 heteroatoms. The summed E-state index contributed by atoms with van der Waals surface area (Å²) in [5, 5.41) is 14.3. The van der Waals surface area contributed by atoms with Crippen LogP contribution >= 0.6 is 11.8 Å². The number of urea groups is 1. The maximum absolute atomic E-state index is 11.7. The fourth-order valence-corrected chi connectivity index (χ4v) is 2.35. The minimum absolute atomic E-state index is 0.381. The average molecular weight is 304 g/mol. The first kappa shape index (κ1) is 19.1. The normalized spacial score (nSPS) is 13.6. The minimum Gasteiger partial charge on any atom is -0.480 e. The lowest BCUT2D eigenvalue weighted by molar-refractivity contribution is -0.139. The number of carbonyl (C=O) groups excluding carboxylic acids is 1. The number of thioether (sulfide) groups is 1. The zero-order valence-electron chi connectivity index (χ0n) is 12.8. The summed E-state index contributed by atoms with van der Waals surface area (Å²) in [4.78, 5) is 22.7. The van der Waals surface area contributed by atoms with E-state index in [9.17, 15) is 9.59 Å². The van der Waals surface area contributed by atoms with Crippen LogP contribution in [-0.4, -0.2) is 41.7 Å². The minimum atomic E-state index is -0.979. The Labute approximate surface area is 126 Å². The van der Waals surface area contributed by atoms with E-state index in [1.165, 1.54) is 0 Å². The predicted molar refractivity (Wildman–Crippen MR) is 84.3 cm³/mol. The van der Waals surface area contributed by atoms with Crippen LogP contribution < -0.4 is 10.6 Å². The van der Waals surface area contributed by atoms with Crippen LogP contribution in [0, 0.1) is 5.92 Å². The maximum Gasteiger partial charge on any atom is 0.326 e. The molecule has 3 N–H and O–H groups in total. The largest absolute Gasteiger partial charge is 0.480 e. The fourth-order valence-electron chi connectivity index (χ4n) is 1.88. The van der Waals surface area contributed by atoms with Gasteiger partial charge in [0.05, 0.1) is 0 Å². The van der Waals surface area contributed by atoms with Crippen molar-refractivity contribution in [2.24, 2.45) is 5.92 Å². The highest BCUT2D eigenvalue weighted by atomic mass is 32.2.